The zero-order chi connectivity index (χ0) is 25.1. The van der Waals surface area contributed by atoms with Crippen molar-refractivity contribution in [3.63, 3.8) is 0 Å². The van der Waals surface area contributed by atoms with E-state index in [9.17, 15) is 0 Å². The van der Waals surface area contributed by atoms with E-state index in [4.69, 9.17) is 21.3 Å². The largest absolute Gasteiger partial charge is 0.423 e. The molecular formula is C26H29ClN8O. The van der Waals surface area contributed by atoms with Crippen LogP contribution in [0.4, 0.5) is 17.5 Å². The van der Waals surface area contributed by atoms with Crippen LogP contribution in [-0.2, 0) is 0 Å². The number of nitrogens with zero attached hydrogens (tertiary/aromatic N) is 5. The number of rotatable bonds is 8. The van der Waals surface area contributed by atoms with E-state index in [2.05, 4.69) is 41.9 Å². The number of aromatic nitrogens is 5. The van der Waals surface area contributed by atoms with Gasteiger partial charge in [-0.25, -0.2) is 0 Å². The number of aromatic amines is 2. The van der Waals surface area contributed by atoms with Gasteiger partial charge in [-0.15, -0.1) is 6.58 Å². The molecule has 4 heterocycles. The predicted octanol–water partition coefficient (Wildman–Crippen LogP) is 5.52. The van der Waals surface area contributed by atoms with E-state index in [1.165, 1.54) is 0 Å². The van der Waals surface area contributed by atoms with Crippen molar-refractivity contribution in [2.24, 2.45) is 0 Å². The van der Waals surface area contributed by atoms with Crippen LogP contribution in [0.15, 0.2) is 49.1 Å². The number of aryl methyl sites for hydroxylation is 1. The Bertz CT molecular complexity index is 1400. The van der Waals surface area contributed by atoms with Crippen molar-refractivity contribution in [2.45, 2.75) is 13.8 Å². The molecule has 0 radical (unpaired) electrons. The molecule has 3 N–H and O–H groups in total. The van der Waals surface area contributed by atoms with E-state index in [0.29, 0.717) is 22.4 Å². The molecule has 36 heavy (non-hydrogen) atoms. The minimum Gasteiger partial charge on any atom is -0.423 e. The number of ether oxygens (including phenoxy) is 1. The summed E-state index contributed by atoms with van der Waals surface area (Å²) in [4.78, 5) is 17.2. The monoisotopic (exact) mass is 504 g/mol. The molecule has 0 atom stereocenters. The van der Waals surface area contributed by atoms with Crippen molar-refractivity contribution >= 4 is 46.0 Å². The Hall–Kier alpha value is -3.82. The second kappa shape index (κ2) is 10.4. The highest BCUT2D eigenvalue weighted by Gasteiger charge is 2.20. The molecule has 0 spiro atoms. The molecule has 1 fully saturated rings. The molecule has 1 aliphatic rings. The number of nitrogens with one attached hydrogen (secondary N) is 3. The molecule has 5 rings (SSSR count). The molecule has 1 saturated heterocycles. The first-order chi connectivity index (χ1) is 17.5. The van der Waals surface area contributed by atoms with Gasteiger partial charge in [0.15, 0.2) is 5.82 Å². The molecular weight excluding hydrogens is 476 g/mol. The van der Waals surface area contributed by atoms with E-state index >= 15 is 0 Å². The van der Waals surface area contributed by atoms with Crippen molar-refractivity contribution in [2.75, 3.05) is 42.9 Å². The van der Waals surface area contributed by atoms with Crippen LogP contribution in [0.3, 0.4) is 0 Å². The molecule has 0 unspecified atom stereocenters. The van der Waals surface area contributed by atoms with E-state index in [1.807, 2.05) is 62.4 Å². The van der Waals surface area contributed by atoms with Gasteiger partial charge in [0.1, 0.15) is 17.4 Å². The zero-order valence-corrected chi connectivity index (χ0v) is 21.1. The lowest BCUT2D eigenvalue weighted by Gasteiger charge is -2.34. The smallest absolute Gasteiger partial charge is 0.325 e. The Morgan fingerprint density at radius 2 is 1.97 bits per heavy atom. The summed E-state index contributed by atoms with van der Waals surface area (Å²) in [6.07, 6.45) is 5.83. The zero-order valence-electron chi connectivity index (χ0n) is 20.4. The third-order valence-corrected chi connectivity index (χ3v) is 6.40. The van der Waals surface area contributed by atoms with Crippen LogP contribution in [-0.4, -0.2) is 62.8 Å². The second-order valence-corrected chi connectivity index (χ2v) is 9.08. The van der Waals surface area contributed by atoms with Crippen molar-refractivity contribution < 1.29 is 4.74 Å². The van der Waals surface area contributed by atoms with Gasteiger partial charge in [-0.3, -0.25) is 10.00 Å². The third-order valence-electron chi connectivity index (χ3n) is 6.01. The maximum absolute atomic E-state index is 6.68. The number of H-pyrrole nitrogens is 2. The average molecular weight is 505 g/mol. The minimum atomic E-state index is 0.209. The van der Waals surface area contributed by atoms with Gasteiger partial charge in [-0.05, 0) is 38.1 Å². The van der Waals surface area contributed by atoms with Crippen LogP contribution in [0.25, 0.3) is 17.0 Å². The average Bonchev–Trinajstić information content (AvgIpc) is 3.47. The number of anilines is 3. The first-order valence-corrected chi connectivity index (χ1v) is 12.3. The number of hydrogen-bond acceptors (Lipinski definition) is 7. The summed E-state index contributed by atoms with van der Waals surface area (Å²) in [5.41, 5.74) is 2.88. The fraction of sp³-hybridized carbons (Fsp3) is 0.269. The van der Waals surface area contributed by atoms with Gasteiger partial charge < -0.3 is 19.9 Å². The van der Waals surface area contributed by atoms with Gasteiger partial charge in [0.25, 0.3) is 0 Å². The summed E-state index contributed by atoms with van der Waals surface area (Å²) in [7, 11) is 0. The van der Waals surface area contributed by atoms with Crippen LogP contribution in [0.2, 0.25) is 5.02 Å². The molecule has 0 amide bonds. The van der Waals surface area contributed by atoms with Gasteiger partial charge in [-0.2, -0.15) is 15.1 Å². The Balaban J connectivity index is 1.45. The highest BCUT2D eigenvalue weighted by molar-refractivity contribution is 6.37. The number of fused-ring (bicyclic) bond motifs is 1. The fourth-order valence-electron chi connectivity index (χ4n) is 4.29. The van der Waals surface area contributed by atoms with Crippen LogP contribution in [0.5, 0.6) is 11.8 Å². The molecule has 4 aromatic rings. The number of allylic oxidation sites excluding steroid dienone is 1. The Kier molecular flexibility index (Phi) is 6.92. The Morgan fingerprint density at radius 3 is 2.75 bits per heavy atom. The fourth-order valence-corrected chi connectivity index (χ4v) is 4.55. The quantitative estimate of drug-likeness (QED) is 0.272. The molecule has 0 saturated carbocycles. The van der Waals surface area contributed by atoms with Crippen LogP contribution < -0.4 is 15.0 Å². The molecule has 9 nitrogen and oxygen atoms in total. The Morgan fingerprint density at radius 1 is 1.14 bits per heavy atom. The predicted molar refractivity (Wildman–Crippen MR) is 146 cm³/mol. The summed E-state index contributed by atoms with van der Waals surface area (Å²) in [5, 5.41) is 12.0. The lowest BCUT2D eigenvalue weighted by molar-refractivity contribution is 0.283. The van der Waals surface area contributed by atoms with Crippen LogP contribution in [0.1, 0.15) is 18.3 Å². The number of benzene rings is 1. The maximum Gasteiger partial charge on any atom is 0.325 e. The van der Waals surface area contributed by atoms with Crippen molar-refractivity contribution in [3.05, 3.63) is 65.5 Å². The number of halogens is 1. The SMILES string of the molecule is C=CCN1CCN(c2cc(Nc3cc(/C=C/C)[nH]n3)nc(Oc3ccc4[nH]c(C)cc4c3Cl)n2)CC1. The maximum atomic E-state index is 6.68. The molecule has 0 aliphatic carbocycles. The molecule has 1 aromatic carbocycles. The summed E-state index contributed by atoms with van der Waals surface area (Å²) in [5.74, 6) is 2.50. The van der Waals surface area contributed by atoms with E-state index in [1.54, 1.807) is 0 Å². The molecule has 186 valence electrons. The van der Waals surface area contributed by atoms with Crippen LogP contribution >= 0.6 is 11.6 Å². The number of piperazine rings is 1. The molecule has 1 aliphatic heterocycles. The molecule has 10 heteroatoms. The molecule has 0 bridgehead atoms. The van der Waals surface area contributed by atoms with Crippen molar-refractivity contribution in [3.8, 4) is 11.8 Å². The third kappa shape index (κ3) is 5.22. The van der Waals surface area contributed by atoms with Crippen LogP contribution in [0, 0.1) is 6.92 Å². The number of hydrogen-bond donors (Lipinski definition) is 3. The lowest BCUT2D eigenvalue weighted by Crippen LogP contribution is -2.46. The first kappa shape index (κ1) is 23.9. The van der Waals surface area contributed by atoms with E-state index in [-0.39, 0.29) is 6.01 Å². The minimum absolute atomic E-state index is 0.209. The van der Waals surface area contributed by atoms with E-state index in [0.717, 1.165) is 60.8 Å². The second-order valence-electron chi connectivity index (χ2n) is 8.70. The highest BCUT2D eigenvalue weighted by Crippen LogP contribution is 2.36. The lowest BCUT2D eigenvalue weighted by atomic mass is 10.2. The topological polar surface area (TPSA) is 98.0 Å². The summed E-state index contributed by atoms with van der Waals surface area (Å²) >= 11 is 6.68. The summed E-state index contributed by atoms with van der Waals surface area (Å²) in [6.45, 7) is 12.2. The van der Waals surface area contributed by atoms with Gasteiger partial charge in [-0.1, -0.05) is 23.8 Å². The summed E-state index contributed by atoms with van der Waals surface area (Å²) in [6, 6.07) is 9.81. The normalized spacial score (nSPS) is 14.6. The van der Waals surface area contributed by atoms with Crippen molar-refractivity contribution in [1.82, 2.24) is 30.0 Å². The van der Waals surface area contributed by atoms with Gasteiger partial charge in [0, 0.05) is 61.5 Å². The van der Waals surface area contributed by atoms with Crippen molar-refractivity contribution in [1.29, 1.82) is 0 Å². The standard InChI is InChI=1S/C26H29ClN8O/c1-4-6-18-15-23(33-32-18)29-22-16-24(35-12-10-34(9-5-2)11-13-35)31-26(30-22)36-21-8-7-20-19(25(21)27)14-17(3)28-20/h4-8,14-16,28H,2,9-13H2,1,3H3,(H2,29,30,31,32,33)/b6-4+. The van der Waals surface area contributed by atoms with Gasteiger partial charge in [0.05, 0.1) is 10.7 Å². The first-order valence-electron chi connectivity index (χ1n) is 11.9. The van der Waals surface area contributed by atoms with E-state index < -0.39 is 0 Å². The van der Waals surface area contributed by atoms with Gasteiger partial charge in [0.2, 0.25) is 0 Å². The van der Waals surface area contributed by atoms with Gasteiger partial charge >= 0.3 is 6.01 Å². The Labute approximate surface area is 214 Å². The highest BCUT2D eigenvalue weighted by atomic mass is 35.5. The summed E-state index contributed by atoms with van der Waals surface area (Å²) < 4.78 is 6.14. The molecule has 3 aromatic heterocycles.